The van der Waals surface area contributed by atoms with E-state index < -0.39 is 0 Å². The molecule has 0 aliphatic carbocycles. The van der Waals surface area contributed by atoms with Crippen LogP contribution in [-0.4, -0.2) is 11.6 Å². The topological polar surface area (TPSA) is 34.1 Å². The monoisotopic (exact) mass is 418 g/mol. The second-order valence-corrected chi connectivity index (χ2v) is 6.19. The Balaban J connectivity index is 2.05. The van der Waals surface area contributed by atoms with Gasteiger partial charge >= 0.3 is 0 Å². The SMILES string of the molecule is CCOc1ccc(NCc2ncc(Br)cc2Br)cc1Cl. The van der Waals surface area contributed by atoms with Crippen LogP contribution in [0.4, 0.5) is 5.69 Å². The molecule has 0 bridgehead atoms. The van der Waals surface area contributed by atoms with Gasteiger partial charge in [-0.25, -0.2) is 0 Å². The van der Waals surface area contributed by atoms with Crippen molar-refractivity contribution in [1.29, 1.82) is 0 Å². The first-order chi connectivity index (χ1) is 9.60. The van der Waals surface area contributed by atoms with Crippen molar-refractivity contribution in [3.05, 3.63) is 50.1 Å². The molecular formula is C14H13Br2ClN2O. The summed E-state index contributed by atoms with van der Waals surface area (Å²) in [5.41, 5.74) is 1.85. The molecule has 2 rings (SSSR count). The Morgan fingerprint density at radius 3 is 2.75 bits per heavy atom. The third kappa shape index (κ3) is 4.11. The number of ether oxygens (including phenoxy) is 1. The van der Waals surface area contributed by atoms with Gasteiger partial charge in [0.1, 0.15) is 5.75 Å². The number of nitrogens with one attached hydrogen (secondary N) is 1. The number of hydrogen-bond donors (Lipinski definition) is 1. The van der Waals surface area contributed by atoms with Crippen molar-refractivity contribution in [1.82, 2.24) is 4.98 Å². The van der Waals surface area contributed by atoms with E-state index in [1.54, 1.807) is 6.20 Å². The number of benzene rings is 1. The Morgan fingerprint density at radius 1 is 1.30 bits per heavy atom. The van der Waals surface area contributed by atoms with Crippen molar-refractivity contribution in [2.24, 2.45) is 0 Å². The van der Waals surface area contributed by atoms with Crippen molar-refractivity contribution < 1.29 is 4.74 Å². The summed E-state index contributed by atoms with van der Waals surface area (Å²) < 4.78 is 7.30. The molecule has 20 heavy (non-hydrogen) atoms. The first kappa shape index (κ1) is 15.6. The second kappa shape index (κ2) is 7.29. The third-order valence-corrected chi connectivity index (χ3v) is 3.99. The molecule has 1 heterocycles. The number of rotatable bonds is 5. The Labute approximate surface area is 140 Å². The van der Waals surface area contributed by atoms with E-state index in [1.807, 2.05) is 31.2 Å². The Bertz CT molecular complexity index is 608. The van der Waals surface area contributed by atoms with Gasteiger partial charge in [-0.2, -0.15) is 0 Å². The van der Waals surface area contributed by atoms with Gasteiger partial charge in [-0.3, -0.25) is 4.98 Å². The fourth-order valence-corrected chi connectivity index (χ4v) is 3.00. The molecule has 1 aromatic heterocycles. The zero-order chi connectivity index (χ0) is 14.5. The van der Waals surface area contributed by atoms with Crippen LogP contribution in [0.5, 0.6) is 5.75 Å². The zero-order valence-electron chi connectivity index (χ0n) is 10.8. The number of pyridine rings is 1. The molecule has 0 fully saturated rings. The summed E-state index contributed by atoms with van der Waals surface area (Å²) in [6, 6.07) is 7.61. The molecule has 6 heteroatoms. The van der Waals surface area contributed by atoms with E-state index in [4.69, 9.17) is 16.3 Å². The summed E-state index contributed by atoms with van der Waals surface area (Å²) in [7, 11) is 0. The molecule has 0 aliphatic rings. The maximum absolute atomic E-state index is 6.15. The van der Waals surface area contributed by atoms with Crippen LogP contribution in [-0.2, 0) is 6.54 Å². The fourth-order valence-electron chi connectivity index (χ4n) is 1.64. The Hall–Kier alpha value is -0.780. The van der Waals surface area contributed by atoms with E-state index >= 15 is 0 Å². The molecule has 3 nitrogen and oxygen atoms in total. The first-order valence-electron chi connectivity index (χ1n) is 6.06. The van der Waals surface area contributed by atoms with Crippen LogP contribution >= 0.6 is 43.5 Å². The summed E-state index contributed by atoms with van der Waals surface area (Å²) in [5, 5.41) is 3.88. The lowest BCUT2D eigenvalue weighted by atomic mass is 10.3. The summed E-state index contributed by atoms with van der Waals surface area (Å²) in [6.07, 6.45) is 1.77. The molecular weight excluding hydrogens is 407 g/mol. The Kier molecular flexibility index (Phi) is 5.69. The van der Waals surface area contributed by atoms with Gasteiger partial charge in [0.05, 0.1) is 23.9 Å². The normalized spacial score (nSPS) is 10.4. The van der Waals surface area contributed by atoms with E-state index in [-0.39, 0.29) is 0 Å². The fraction of sp³-hybridized carbons (Fsp3) is 0.214. The lowest BCUT2D eigenvalue weighted by Gasteiger charge is -2.10. The minimum Gasteiger partial charge on any atom is -0.492 e. The van der Waals surface area contributed by atoms with Gasteiger partial charge in [0.25, 0.3) is 0 Å². The molecule has 1 aromatic carbocycles. The molecule has 0 saturated heterocycles. The van der Waals surface area contributed by atoms with E-state index in [1.165, 1.54) is 0 Å². The van der Waals surface area contributed by atoms with Crippen molar-refractivity contribution in [2.75, 3.05) is 11.9 Å². The predicted molar refractivity (Wildman–Crippen MR) is 89.6 cm³/mol. The average Bonchev–Trinajstić information content (AvgIpc) is 2.41. The largest absolute Gasteiger partial charge is 0.492 e. The smallest absolute Gasteiger partial charge is 0.138 e. The highest BCUT2D eigenvalue weighted by molar-refractivity contribution is 9.11. The van der Waals surface area contributed by atoms with E-state index in [0.717, 1.165) is 20.3 Å². The van der Waals surface area contributed by atoms with Crippen molar-refractivity contribution in [2.45, 2.75) is 13.5 Å². The lowest BCUT2D eigenvalue weighted by Crippen LogP contribution is -2.03. The lowest BCUT2D eigenvalue weighted by molar-refractivity contribution is 0.340. The van der Waals surface area contributed by atoms with Crippen LogP contribution in [0.25, 0.3) is 0 Å². The number of halogens is 3. The summed E-state index contributed by atoms with van der Waals surface area (Å²) in [5.74, 6) is 0.697. The highest BCUT2D eigenvalue weighted by atomic mass is 79.9. The minimum atomic E-state index is 0.597. The molecule has 0 unspecified atom stereocenters. The van der Waals surface area contributed by atoms with Crippen LogP contribution in [0.3, 0.4) is 0 Å². The molecule has 0 aliphatic heterocycles. The van der Waals surface area contributed by atoms with Crippen LogP contribution in [0.15, 0.2) is 39.4 Å². The highest BCUT2D eigenvalue weighted by Gasteiger charge is 2.05. The van der Waals surface area contributed by atoms with E-state index in [2.05, 4.69) is 42.2 Å². The quantitative estimate of drug-likeness (QED) is 0.715. The molecule has 0 radical (unpaired) electrons. The minimum absolute atomic E-state index is 0.597. The number of anilines is 1. The molecule has 2 aromatic rings. The van der Waals surface area contributed by atoms with E-state index in [0.29, 0.717) is 23.9 Å². The average molecular weight is 421 g/mol. The Morgan fingerprint density at radius 2 is 2.10 bits per heavy atom. The maximum atomic E-state index is 6.15. The predicted octanol–water partition coefficient (Wildman–Crippen LogP) is 5.27. The first-order valence-corrected chi connectivity index (χ1v) is 8.02. The van der Waals surface area contributed by atoms with Gasteiger partial charge in [-0.15, -0.1) is 0 Å². The van der Waals surface area contributed by atoms with E-state index in [9.17, 15) is 0 Å². The number of hydrogen-bond acceptors (Lipinski definition) is 3. The number of nitrogens with zero attached hydrogens (tertiary/aromatic N) is 1. The molecule has 0 atom stereocenters. The van der Waals surface area contributed by atoms with Gasteiger partial charge < -0.3 is 10.1 Å². The molecule has 0 amide bonds. The summed E-state index contributed by atoms with van der Waals surface area (Å²) in [6.45, 7) is 3.14. The van der Waals surface area contributed by atoms with Crippen molar-refractivity contribution >= 4 is 49.1 Å². The van der Waals surface area contributed by atoms with Crippen LogP contribution in [0, 0.1) is 0 Å². The maximum Gasteiger partial charge on any atom is 0.138 e. The van der Waals surface area contributed by atoms with Gasteiger partial charge in [0, 0.05) is 20.8 Å². The third-order valence-electron chi connectivity index (χ3n) is 2.58. The van der Waals surface area contributed by atoms with Gasteiger partial charge in [0.2, 0.25) is 0 Å². The molecule has 0 spiro atoms. The standard InChI is InChI=1S/C14H13Br2ClN2O/c1-2-20-14-4-3-10(6-12(14)17)18-8-13-11(16)5-9(15)7-19-13/h3-7,18H,2,8H2,1H3. The summed E-state index contributed by atoms with van der Waals surface area (Å²) in [4.78, 5) is 4.35. The van der Waals surface area contributed by atoms with Crippen LogP contribution < -0.4 is 10.1 Å². The molecule has 1 N–H and O–H groups in total. The van der Waals surface area contributed by atoms with Crippen molar-refractivity contribution in [3.63, 3.8) is 0 Å². The van der Waals surface area contributed by atoms with Gasteiger partial charge in [0.15, 0.2) is 0 Å². The summed E-state index contributed by atoms with van der Waals surface area (Å²) >= 11 is 13.0. The van der Waals surface area contributed by atoms with Gasteiger partial charge in [-0.05, 0) is 63.0 Å². The van der Waals surface area contributed by atoms with Gasteiger partial charge in [-0.1, -0.05) is 11.6 Å². The van der Waals surface area contributed by atoms with Crippen LogP contribution in [0.2, 0.25) is 5.02 Å². The zero-order valence-corrected chi connectivity index (χ0v) is 14.7. The second-order valence-electron chi connectivity index (χ2n) is 4.01. The molecule has 0 saturated carbocycles. The molecule has 106 valence electrons. The van der Waals surface area contributed by atoms with Crippen LogP contribution in [0.1, 0.15) is 12.6 Å². The number of aromatic nitrogens is 1. The van der Waals surface area contributed by atoms with Crippen molar-refractivity contribution in [3.8, 4) is 5.75 Å². The highest BCUT2D eigenvalue weighted by Crippen LogP contribution is 2.28.